The number of hydrogen-bond donors (Lipinski definition) is 9. The Morgan fingerprint density at radius 1 is 0.816 bits per heavy atom. The Morgan fingerprint density at radius 3 is 1.92 bits per heavy atom. The molecular formula is C22H42N8O7S. The van der Waals surface area contributed by atoms with E-state index in [0.717, 1.165) is 0 Å². The van der Waals surface area contributed by atoms with Crippen molar-refractivity contribution >= 4 is 47.4 Å². The lowest BCUT2D eigenvalue weighted by molar-refractivity contribution is -0.142. The predicted molar refractivity (Wildman–Crippen MR) is 144 cm³/mol. The monoisotopic (exact) mass is 562 g/mol. The van der Waals surface area contributed by atoms with Crippen molar-refractivity contribution in [2.24, 2.45) is 27.9 Å². The zero-order valence-electron chi connectivity index (χ0n) is 21.7. The highest BCUT2D eigenvalue weighted by Crippen LogP contribution is 2.07. The second kappa shape index (κ2) is 19.9. The van der Waals surface area contributed by atoms with Gasteiger partial charge in [-0.2, -0.15) is 11.8 Å². The highest BCUT2D eigenvalue weighted by Gasteiger charge is 2.30. The lowest BCUT2D eigenvalue weighted by Gasteiger charge is -2.25. The first kappa shape index (κ1) is 34.9. The molecule has 0 fully saturated rings. The lowest BCUT2D eigenvalue weighted by Crippen LogP contribution is -2.57. The third kappa shape index (κ3) is 15.9. The van der Waals surface area contributed by atoms with E-state index in [1.54, 1.807) is 6.26 Å². The maximum atomic E-state index is 13.0. The first-order chi connectivity index (χ1) is 17.9. The zero-order chi connectivity index (χ0) is 29.1. The number of aliphatic imine (C=N–C) groups is 1. The molecule has 0 aliphatic rings. The van der Waals surface area contributed by atoms with Gasteiger partial charge >= 0.3 is 11.9 Å². The molecule has 0 aliphatic carbocycles. The Balaban J connectivity index is 5.45. The average molecular weight is 563 g/mol. The summed E-state index contributed by atoms with van der Waals surface area (Å²) in [4.78, 5) is 65.0. The van der Waals surface area contributed by atoms with Gasteiger partial charge in [0.2, 0.25) is 17.7 Å². The minimum atomic E-state index is -1.27. The topological polar surface area (TPSA) is 278 Å². The number of guanidine groups is 1. The van der Waals surface area contributed by atoms with Crippen molar-refractivity contribution < 1.29 is 34.2 Å². The van der Waals surface area contributed by atoms with Crippen molar-refractivity contribution in [3.63, 3.8) is 0 Å². The summed E-state index contributed by atoms with van der Waals surface area (Å²) in [6, 6.07) is -4.57. The highest BCUT2D eigenvalue weighted by molar-refractivity contribution is 7.98. The zero-order valence-corrected chi connectivity index (χ0v) is 22.5. The normalized spacial score (nSPS) is 13.9. The number of rotatable bonds is 21. The number of amides is 3. The van der Waals surface area contributed by atoms with Crippen LogP contribution in [0.1, 0.15) is 51.4 Å². The Kier molecular flexibility index (Phi) is 18.3. The van der Waals surface area contributed by atoms with Crippen LogP contribution in [0.2, 0.25) is 0 Å². The van der Waals surface area contributed by atoms with Gasteiger partial charge in [0.05, 0.1) is 6.04 Å². The summed E-state index contributed by atoms with van der Waals surface area (Å²) in [6.07, 6.45) is 3.23. The van der Waals surface area contributed by atoms with E-state index in [1.165, 1.54) is 11.8 Å². The molecule has 4 atom stereocenters. The molecule has 0 spiro atoms. The van der Waals surface area contributed by atoms with Gasteiger partial charge in [0, 0.05) is 13.0 Å². The molecule has 0 radical (unpaired) electrons. The first-order valence-electron chi connectivity index (χ1n) is 12.3. The number of carbonyl (C=O) groups is 5. The third-order valence-electron chi connectivity index (χ3n) is 5.39. The smallest absolute Gasteiger partial charge is 0.326 e. The molecule has 15 nitrogen and oxygen atoms in total. The Hall–Kier alpha value is -3.11. The van der Waals surface area contributed by atoms with Gasteiger partial charge in [-0.15, -0.1) is 0 Å². The maximum Gasteiger partial charge on any atom is 0.326 e. The van der Waals surface area contributed by atoms with Crippen LogP contribution in [0.5, 0.6) is 0 Å². The van der Waals surface area contributed by atoms with E-state index in [4.69, 9.17) is 28.0 Å². The summed E-state index contributed by atoms with van der Waals surface area (Å²) in [5.41, 5.74) is 21.8. The van der Waals surface area contributed by atoms with Crippen molar-refractivity contribution in [3.8, 4) is 0 Å². The van der Waals surface area contributed by atoms with Crippen LogP contribution in [0, 0.1) is 0 Å². The predicted octanol–water partition coefficient (Wildman–Crippen LogP) is -2.35. The molecule has 16 heteroatoms. The lowest BCUT2D eigenvalue weighted by atomic mass is 10.1. The van der Waals surface area contributed by atoms with Crippen LogP contribution < -0.4 is 38.9 Å². The van der Waals surface area contributed by atoms with E-state index < -0.39 is 60.2 Å². The molecule has 13 N–H and O–H groups in total. The van der Waals surface area contributed by atoms with Gasteiger partial charge in [-0.1, -0.05) is 6.42 Å². The quantitative estimate of drug-likeness (QED) is 0.0404. The molecule has 3 amide bonds. The van der Waals surface area contributed by atoms with Crippen molar-refractivity contribution in [2.75, 3.05) is 25.1 Å². The van der Waals surface area contributed by atoms with E-state index in [1.807, 2.05) is 0 Å². The molecule has 0 bridgehead atoms. The second-order valence-corrected chi connectivity index (χ2v) is 9.56. The Bertz CT molecular complexity index is 811. The first-order valence-corrected chi connectivity index (χ1v) is 13.7. The second-order valence-electron chi connectivity index (χ2n) is 8.58. The van der Waals surface area contributed by atoms with E-state index >= 15 is 0 Å². The van der Waals surface area contributed by atoms with Crippen molar-refractivity contribution in [2.45, 2.75) is 75.5 Å². The van der Waals surface area contributed by atoms with Crippen LogP contribution in [0.3, 0.4) is 0 Å². The third-order valence-corrected chi connectivity index (χ3v) is 6.03. The molecule has 0 aromatic carbocycles. The maximum absolute atomic E-state index is 13.0. The molecular weight excluding hydrogens is 520 g/mol. The summed E-state index contributed by atoms with van der Waals surface area (Å²) >= 11 is 1.41. The van der Waals surface area contributed by atoms with Gasteiger partial charge in [-0.05, 0) is 57.1 Å². The molecule has 0 aliphatic heterocycles. The summed E-state index contributed by atoms with van der Waals surface area (Å²) in [5, 5.41) is 26.0. The molecule has 0 heterocycles. The van der Waals surface area contributed by atoms with Gasteiger partial charge in [-0.25, -0.2) is 4.79 Å². The van der Waals surface area contributed by atoms with Crippen LogP contribution >= 0.6 is 11.8 Å². The minimum Gasteiger partial charge on any atom is -0.481 e. The number of carboxylic acid groups (broad SMARTS) is 2. The van der Waals surface area contributed by atoms with E-state index in [2.05, 4.69) is 20.9 Å². The number of nitrogens with two attached hydrogens (primary N) is 4. The number of nitrogens with one attached hydrogen (secondary N) is 3. The minimum absolute atomic E-state index is 0.0420. The highest BCUT2D eigenvalue weighted by atomic mass is 32.2. The van der Waals surface area contributed by atoms with Crippen LogP contribution in [0.25, 0.3) is 0 Å². The summed E-state index contributed by atoms with van der Waals surface area (Å²) in [6.45, 7) is 0.615. The van der Waals surface area contributed by atoms with Crippen molar-refractivity contribution in [1.29, 1.82) is 0 Å². The number of nitrogens with zero attached hydrogens (tertiary/aromatic N) is 1. The van der Waals surface area contributed by atoms with E-state index in [-0.39, 0.29) is 38.2 Å². The molecule has 4 unspecified atom stereocenters. The molecule has 0 saturated carbocycles. The number of carboxylic acids is 2. The van der Waals surface area contributed by atoms with E-state index in [9.17, 15) is 29.1 Å². The van der Waals surface area contributed by atoms with Crippen LogP contribution in [-0.4, -0.2) is 95.1 Å². The Morgan fingerprint density at radius 2 is 1.39 bits per heavy atom. The molecule has 0 aromatic rings. The number of thioether (sulfide) groups is 1. The van der Waals surface area contributed by atoms with Crippen LogP contribution in [0.4, 0.5) is 0 Å². The fourth-order valence-electron chi connectivity index (χ4n) is 3.27. The van der Waals surface area contributed by atoms with Crippen molar-refractivity contribution in [3.05, 3.63) is 0 Å². The largest absolute Gasteiger partial charge is 0.481 e. The fraction of sp³-hybridized carbons (Fsp3) is 0.727. The van der Waals surface area contributed by atoms with Gasteiger partial charge in [-0.3, -0.25) is 24.2 Å². The molecule has 0 aromatic heterocycles. The van der Waals surface area contributed by atoms with Gasteiger partial charge in [0.25, 0.3) is 0 Å². The molecule has 0 rings (SSSR count). The van der Waals surface area contributed by atoms with Gasteiger partial charge in [0.15, 0.2) is 5.96 Å². The molecule has 0 saturated heterocycles. The van der Waals surface area contributed by atoms with E-state index in [0.29, 0.717) is 31.6 Å². The molecule has 38 heavy (non-hydrogen) atoms. The van der Waals surface area contributed by atoms with Crippen LogP contribution in [-0.2, 0) is 24.0 Å². The van der Waals surface area contributed by atoms with Gasteiger partial charge in [0.1, 0.15) is 18.1 Å². The number of hydrogen-bond acceptors (Lipinski definition) is 9. The fourth-order valence-corrected chi connectivity index (χ4v) is 3.74. The SMILES string of the molecule is CSCCC(NC(=O)C(CCC(=O)O)NC(=O)C(N)CCCCN)C(=O)NC(CCCN=C(N)N)C(=O)O. The molecule has 218 valence electrons. The number of carbonyl (C=O) groups excluding carboxylic acids is 3. The van der Waals surface area contributed by atoms with Crippen molar-refractivity contribution in [1.82, 2.24) is 16.0 Å². The Labute approximate surface area is 226 Å². The number of unbranched alkanes of at least 4 members (excludes halogenated alkanes) is 1. The number of aliphatic carboxylic acids is 2. The van der Waals surface area contributed by atoms with Gasteiger partial charge < -0.3 is 49.1 Å². The standard InChI is InChI=1S/C22H42N8O7S/c1-38-12-9-15(20(35)30-16(21(36)37)6-4-11-27-22(25)26)29-19(34)14(7-8-17(31)32)28-18(33)13(24)5-2-3-10-23/h13-16H,2-12,23-24H2,1H3,(H,28,33)(H,29,34)(H,30,35)(H,31,32)(H,36,37)(H4,25,26,27). The van der Waals surface area contributed by atoms with Crippen LogP contribution in [0.15, 0.2) is 4.99 Å². The summed E-state index contributed by atoms with van der Waals surface area (Å²) in [7, 11) is 0. The summed E-state index contributed by atoms with van der Waals surface area (Å²) in [5.74, 6) is -4.28. The average Bonchev–Trinajstić information content (AvgIpc) is 2.85. The summed E-state index contributed by atoms with van der Waals surface area (Å²) < 4.78 is 0.